The third kappa shape index (κ3) is 41.7. The molecule has 0 aromatic carbocycles. The molecule has 0 rings (SSSR count). The Bertz CT molecular complexity index is 26.0. The summed E-state index contributed by atoms with van der Waals surface area (Å²) in [7, 11) is 0. The summed E-state index contributed by atoms with van der Waals surface area (Å²) < 4.78 is 23.1. The largest absolute Gasteiger partial charge is 0.382 e. The first kappa shape index (κ1) is 10.7. The van der Waals surface area contributed by atoms with E-state index in [1.807, 2.05) is 13.8 Å². The lowest BCUT2D eigenvalue weighted by molar-refractivity contribution is -0.317. The third-order valence-electron chi connectivity index (χ3n) is 0.408. The van der Waals surface area contributed by atoms with Crippen LogP contribution < -0.4 is 0 Å². The summed E-state index contributed by atoms with van der Waals surface area (Å²) in [5, 5.41) is 1.25. The second kappa shape index (κ2) is 15.9. The number of ether oxygens (including phenoxy) is 1. The second-order valence-corrected chi connectivity index (χ2v) is 0.840. The van der Waals surface area contributed by atoms with Gasteiger partial charge >= 0.3 is 0 Å². The van der Waals surface area contributed by atoms with Crippen molar-refractivity contribution in [1.29, 1.82) is 0 Å². The van der Waals surface area contributed by atoms with E-state index in [1.165, 1.54) is 5.15 Å². The van der Waals surface area contributed by atoms with E-state index in [0.717, 1.165) is 13.2 Å². The van der Waals surface area contributed by atoms with Crippen molar-refractivity contribution in [2.24, 2.45) is 0 Å². The van der Waals surface area contributed by atoms with E-state index < -0.39 is 0 Å². The summed E-state index contributed by atoms with van der Waals surface area (Å²) in [5.74, 6) is 0. The zero-order valence-electron chi connectivity index (χ0n) is 4.99. The predicted molar refractivity (Wildman–Crippen MR) is 25.5 cm³/mol. The van der Waals surface area contributed by atoms with Crippen molar-refractivity contribution in [2.45, 2.75) is 13.8 Å². The molecular formula is C4H10F2O2. The van der Waals surface area contributed by atoms with Crippen molar-refractivity contribution in [3.63, 3.8) is 0 Å². The van der Waals surface area contributed by atoms with Gasteiger partial charge in [-0.25, -0.2) is 0 Å². The monoisotopic (exact) mass is 128 g/mol. The van der Waals surface area contributed by atoms with E-state index in [2.05, 4.69) is 0 Å². The first-order valence-electron chi connectivity index (χ1n) is 2.30. The first-order valence-corrected chi connectivity index (χ1v) is 2.30. The lowest BCUT2D eigenvalue weighted by Crippen LogP contribution is -1.84. The maximum absolute atomic E-state index is 9.12. The molecule has 0 unspecified atom stereocenters. The van der Waals surface area contributed by atoms with Gasteiger partial charge < -0.3 is 4.74 Å². The normalized spacial score (nSPS) is 7.50. The molecule has 52 valence electrons. The Kier molecular flexibility index (Phi) is 21.2. The summed E-state index contributed by atoms with van der Waals surface area (Å²) in [6.45, 7) is 5.67. The summed E-state index contributed by atoms with van der Waals surface area (Å²) in [6, 6.07) is 0. The summed E-state index contributed by atoms with van der Waals surface area (Å²) in [6.07, 6.45) is 0. The summed E-state index contributed by atoms with van der Waals surface area (Å²) >= 11 is 0. The van der Waals surface area contributed by atoms with Gasteiger partial charge in [-0.2, -0.15) is 0 Å². The Morgan fingerprint density at radius 2 is 1.38 bits per heavy atom. The average molecular weight is 128 g/mol. The zero-order valence-corrected chi connectivity index (χ0v) is 4.99. The molecule has 0 aromatic heterocycles. The third-order valence-corrected chi connectivity index (χ3v) is 0.408. The van der Waals surface area contributed by atoms with Gasteiger partial charge in [0.25, 0.3) is 0 Å². The second-order valence-electron chi connectivity index (χ2n) is 0.840. The fourth-order valence-corrected chi connectivity index (χ4v) is 0.204. The molecular weight excluding hydrogens is 118 g/mol. The number of hydrogen-bond acceptors (Lipinski definition) is 2. The van der Waals surface area contributed by atoms with Crippen LogP contribution in [0.5, 0.6) is 0 Å². The van der Waals surface area contributed by atoms with E-state index >= 15 is 0 Å². The molecule has 0 aliphatic rings. The SMILES string of the molecule is CCOCC.FOF. The van der Waals surface area contributed by atoms with Gasteiger partial charge in [-0.15, -0.1) is 0 Å². The van der Waals surface area contributed by atoms with Crippen LogP contribution in [-0.2, 0) is 9.88 Å². The van der Waals surface area contributed by atoms with Crippen molar-refractivity contribution >= 4 is 0 Å². The molecule has 0 spiro atoms. The van der Waals surface area contributed by atoms with E-state index in [1.54, 1.807) is 0 Å². The molecule has 0 amide bonds. The van der Waals surface area contributed by atoms with Crippen LogP contribution in [0.15, 0.2) is 0 Å². The highest BCUT2D eigenvalue weighted by Gasteiger charge is 1.64. The van der Waals surface area contributed by atoms with Gasteiger partial charge in [0, 0.05) is 18.4 Å². The summed E-state index contributed by atoms with van der Waals surface area (Å²) in [4.78, 5) is 0. The number of hydrogen-bond donors (Lipinski definition) is 0. The molecule has 0 saturated heterocycles. The van der Waals surface area contributed by atoms with E-state index in [0.29, 0.717) is 0 Å². The quantitative estimate of drug-likeness (QED) is 0.564. The van der Waals surface area contributed by atoms with Crippen LogP contribution in [0.4, 0.5) is 9.05 Å². The highest BCUT2D eigenvalue weighted by molar-refractivity contribution is 4.07. The van der Waals surface area contributed by atoms with Gasteiger partial charge in [0.05, 0.1) is 0 Å². The zero-order chi connectivity index (χ0) is 6.83. The van der Waals surface area contributed by atoms with Crippen LogP contribution in [0.1, 0.15) is 13.8 Å². The molecule has 0 radical (unpaired) electrons. The molecule has 2 nitrogen and oxygen atoms in total. The minimum absolute atomic E-state index is 0.844. The smallest absolute Gasteiger partial charge is 0.0437 e. The molecule has 0 saturated carbocycles. The molecule has 0 fully saturated rings. The molecule has 0 aliphatic heterocycles. The molecule has 0 aromatic rings. The Morgan fingerprint density at radius 1 is 1.12 bits per heavy atom. The van der Waals surface area contributed by atoms with Crippen LogP contribution in [0, 0.1) is 0 Å². The van der Waals surface area contributed by atoms with Crippen molar-refractivity contribution in [3.05, 3.63) is 0 Å². The molecule has 0 aliphatic carbocycles. The number of rotatable bonds is 2. The van der Waals surface area contributed by atoms with Crippen LogP contribution in [0.3, 0.4) is 0 Å². The predicted octanol–water partition coefficient (Wildman–Crippen LogP) is 1.81. The van der Waals surface area contributed by atoms with Gasteiger partial charge in [0.2, 0.25) is 0 Å². The fraction of sp³-hybridized carbons (Fsp3) is 1.00. The first-order chi connectivity index (χ1) is 3.83. The molecule has 8 heavy (non-hydrogen) atoms. The van der Waals surface area contributed by atoms with E-state index in [4.69, 9.17) is 13.8 Å². The van der Waals surface area contributed by atoms with Gasteiger partial charge in [-0.05, 0) is 22.9 Å². The van der Waals surface area contributed by atoms with Crippen LogP contribution in [-0.4, -0.2) is 13.2 Å². The van der Waals surface area contributed by atoms with Gasteiger partial charge in [0.15, 0.2) is 0 Å². The molecule has 4 heteroatoms. The highest BCUT2D eigenvalue weighted by Crippen LogP contribution is 1.64. The fourth-order valence-electron chi connectivity index (χ4n) is 0.204. The lowest BCUT2D eigenvalue weighted by atomic mass is 10.8. The lowest BCUT2D eigenvalue weighted by Gasteiger charge is -1.86. The molecule has 0 N–H and O–H groups in total. The van der Waals surface area contributed by atoms with Crippen LogP contribution in [0.2, 0.25) is 0 Å². The minimum Gasteiger partial charge on any atom is -0.382 e. The highest BCUT2D eigenvalue weighted by atomic mass is 19.6. The standard InChI is InChI=1S/C4H10O.F2O/c1-3-5-4-2;1-3-2/h3-4H2,1-2H3;. The van der Waals surface area contributed by atoms with Crippen molar-refractivity contribution in [2.75, 3.05) is 13.2 Å². The maximum Gasteiger partial charge on any atom is 0.0437 e. The Morgan fingerprint density at radius 3 is 1.38 bits per heavy atom. The average Bonchev–Trinajstić information content (AvgIpc) is 1.71. The van der Waals surface area contributed by atoms with Crippen LogP contribution >= 0.6 is 0 Å². The van der Waals surface area contributed by atoms with Crippen molar-refractivity contribution < 1.29 is 18.9 Å². The van der Waals surface area contributed by atoms with Gasteiger partial charge in [-0.1, -0.05) is 0 Å². The Labute approximate surface area is 47.2 Å². The van der Waals surface area contributed by atoms with E-state index in [9.17, 15) is 0 Å². The number of halogens is 2. The van der Waals surface area contributed by atoms with Gasteiger partial charge in [0.1, 0.15) is 0 Å². The molecule has 0 heterocycles. The Balaban J connectivity index is 0. The maximum atomic E-state index is 9.12. The minimum atomic E-state index is 0.844. The molecule has 0 bridgehead atoms. The van der Waals surface area contributed by atoms with Crippen molar-refractivity contribution in [3.8, 4) is 0 Å². The van der Waals surface area contributed by atoms with Gasteiger partial charge in [-0.3, -0.25) is 0 Å². The van der Waals surface area contributed by atoms with E-state index in [-0.39, 0.29) is 0 Å². The Hall–Kier alpha value is -0.220. The summed E-state index contributed by atoms with van der Waals surface area (Å²) in [5.41, 5.74) is 0. The molecule has 0 atom stereocenters. The van der Waals surface area contributed by atoms with Crippen LogP contribution in [0.25, 0.3) is 0 Å². The topological polar surface area (TPSA) is 18.5 Å². The van der Waals surface area contributed by atoms with Crippen molar-refractivity contribution in [1.82, 2.24) is 0 Å².